The predicted octanol–water partition coefficient (Wildman–Crippen LogP) is 2.16. The lowest BCUT2D eigenvalue weighted by molar-refractivity contribution is -0.938. The Morgan fingerprint density at radius 1 is 0.946 bits per heavy atom. The van der Waals surface area contributed by atoms with Crippen LogP contribution in [0.2, 0.25) is 0 Å². The number of para-hydroxylation sites is 1. The fourth-order valence-corrected chi connectivity index (χ4v) is 5.52. The summed E-state index contributed by atoms with van der Waals surface area (Å²) in [7, 11) is 0. The Hall–Kier alpha value is -3.10. The first-order valence-corrected chi connectivity index (χ1v) is 12.3. The maximum atomic E-state index is 14.2. The second-order valence-electron chi connectivity index (χ2n) is 9.84. The summed E-state index contributed by atoms with van der Waals surface area (Å²) in [6.45, 7) is 2.17. The minimum absolute atomic E-state index is 0. The van der Waals surface area contributed by atoms with Crippen molar-refractivity contribution >= 4 is 17.4 Å². The molecule has 3 fully saturated rings. The minimum Gasteiger partial charge on any atom is -1.00 e. The van der Waals surface area contributed by atoms with Crippen LogP contribution in [-0.4, -0.2) is 48.5 Å². The van der Waals surface area contributed by atoms with Gasteiger partial charge in [-0.25, -0.2) is 13.6 Å². The van der Waals surface area contributed by atoms with Crippen LogP contribution in [0, 0.1) is 17.6 Å². The number of piperidine rings is 3. The largest absolute Gasteiger partial charge is 1.00 e. The molecule has 1 unspecified atom stereocenters. The smallest absolute Gasteiger partial charge is 0.333 e. The molecule has 3 aliphatic heterocycles. The Bertz CT molecular complexity index is 1230. The van der Waals surface area contributed by atoms with Crippen LogP contribution in [0.15, 0.2) is 78.9 Å². The number of carbonyl (C=O) groups excluding carboxylic acids is 2. The zero-order valence-electron chi connectivity index (χ0n) is 20.3. The number of Topliss-reactive ketones (excluding diaryl/α,β-unsaturated/α-hetero) is 1. The molecule has 37 heavy (non-hydrogen) atoms. The molecular formula is C29H29BrF2N2O3. The summed E-state index contributed by atoms with van der Waals surface area (Å²) in [6.07, 6.45) is 1.34. The number of hydrogen-bond donors (Lipinski definition) is 1. The number of quaternary nitrogens is 1. The number of nitrogens with one attached hydrogen (secondary N) is 1. The molecule has 0 saturated carbocycles. The molecule has 0 aliphatic carbocycles. The van der Waals surface area contributed by atoms with Crippen molar-refractivity contribution in [1.82, 2.24) is 0 Å². The second kappa shape index (κ2) is 11.5. The average Bonchev–Trinajstić information content (AvgIpc) is 2.88. The van der Waals surface area contributed by atoms with E-state index in [2.05, 4.69) is 5.32 Å². The summed E-state index contributed by atoms with van der Waals surface area (Å²) >= 11 is 0. The fraction of sp³-hybridized carbons (Fsp3) is 0.310. The monoisotopic (exact) mass is 570 g/mol. The number of hydrogen-bond acceptors (Lipinski definition) is 4. The lowest BCUT2D eigenvalue weighted by Crippen LogP contribution is -3.00. The van der Waals surface area contributed by atoms with Gasteiger partial charge in [-0.05, 0) is 29.8 Å². The van der Waals surface area contributed by atoms with Crippen LogP contribution in [0.3, 0.4) is 0 Å². The minimum atomic E-state index is -0.842. The molecule has 0 amide bonds. The molecule has 8 heteroatoms. The summed E-state index contributed by atoms with van der Waals surface area (Å²) in [6, 6.07) is 21.3. The van der Waals surface area contributed by atoms with Crippen molar-refractivity contribution in [2.45, 2.75) is 25.0 Å². The van der Waals surface area contributed by atoms with Gasteiger partial charge in [-0.1, -0.05) is 48.5 Å². The molecule has 1 N–H and O–H groups in total. The van der Waals surface area contributed by atoms with Gasteiger partial charge >= 0.3 is 5.97 Å². The fourth-order valence-electron chi connectivity index (χ4n) is 5.52. The van der Waals surface area contributed by atoms with E-state index in [1.165, 1.54) is 6.07 Å². The third kappa shape index (κ3) is 6.08. The number of fused-ring (bicyclic) bond motifs is 3. The average molecular weight is 571 g/mol. The first-order chi connectivity index (χ1) is 17.4. The van der Waals surface area contributed by atoms with Crippen LogP contribution in [-0.2, 0) is 9.53 Å². The van der Waals surface area contributed by atoms with Crippen molar-refractivity contribution in [2.24, 2.45) is 5.92 Å². The summed E-state index contributed by atoms with van der Waals surface area (Å²) in [5, 5.41) is 3.30. The third-order valence-corrected chi connectivity index (χ3v) is 7.47. The molecule has 5 nitrogen and oxygen atoms in total. The van der Waals surface area contributed by atoms with Crippen molar-refractivity contribution in [3.05, 3.63) is 102 Å². The van der Waals surface area contributed by atoms with Crippen molar-refractivity contribution < 1.29 is 44.6 Å². The maximum absolute atomic E-state index is 14.2. The first-order valence-electron chi connectivity index (χ1n) is 12.3. The Balaban J connectivity index is 0.00000320. The number of nitrogens with zero attached hydrogens (tertiary/aromatic N) is 1. The van der Waals surface area contributed by atoms with Crippen LogP contribution in [0.4, 0.5) is 14.5 Å². The number of esters is 1. The molecule has 3 aromatic carbocycles. The highest BCUT2D eigenvalue weighted by Crippen LogP contribution is 2.37. The highest BCUT2D eigenvalue weighted by Gasteiger charge is 2.49. The third-order valence-electron chi connectivity index (χ3n) is 7.47. The Kier molecular flexibility index (Phi) is 8.39. The lowest BCUT2D eigenvalue weighted by Gasteiger charge is -2.51. The molecule has 194 valence electrons. The SMILES string of the molecule is O=C(C[N+]12CCC(CC1)[C@@H](OC(=O)C(Nc1ccccc1)c1ccccc1)C2)c1ccc(F)cc1F.[Br-]. The van der Waals surface area contributed by atoms with Crippen molar-refractivity contribution in [3.8, 4) is 0 Å². The van der Waals surface area contributed by atoms with E-state index in [-0.39, 0.29) is 52.9 Å². The maximum Gasteiger partial charge on any atom is 0.333 e. The van der Waals surface area contributed by atoms with Crippen LogP contribution in [0.5, 0.6) is 0 Å². The van der Waals surface area contributed by atoms with Gasteiger partial charge in [0.05, 0.1) is 18.7 Å². The van der Waals surface area contributed by atoms with Gasteiger partial charge in [0.15, 0.2) is 12.1 Å². The lowest BCUT2D eigenvalue weighted by atomic mass is 9.82. The highest BCUT2D eigenvalue weighted by atomic mass is 79.9. The molecule has 3 heterocycles. The molecular weight excluding hydrogens is 542 g/mol. The summed E-state index contributed by atoms with van der Waals surface area (Å²) in [5.74, 6) is -2.03. The molecule has 3 aliphatic rings. The number of anilines is 1. The van der Waals surface area contributed by atoms with E-state index in [9.17, 15) is 18.4 Å². The van der Waals surface area contributed by atoms with Gasteiger partial charge in [-0.2, -0.15) is 0 Å². The Morgan fingerprint density at radius 2 is 1.59 bits per heavy atom. The number of rotatable bonds is 8. The normalized spacial score (nSPS) is 23.0. The number of ether oxygens (including phenoxy) is 1. The van der Waals surface area contributed by atoms with Gasteiger partial charge in [0.1, 0.15) is 24.7 Å². The topological polar surface area (TPSA) is 55.4 Å². The molecule has 0 aromatic heterocycles. The van der Waals surface area contributed by atoms with Gasteiger partial charge in [0.2, 0.25) is 5.78 Å². The van der Waals surface area contributed by atoms with Crippen LogP contribution in [0.1, 0.15) is 34.8 Å². The van der Waals surface area contributed by atoms with E-state index in [1.54, 1.807) is 0 Å². The van der Waals surface area contributed by atoms with Gasteiger partial charge in [-0.15, -0.1) is 0 Å². The number of benzene rings is 3. The highest BCUT2D eigenvalue weighted by molar-refractivity contribution is 5.97. The Morgan fingerprint density at radius 3 is 2.24 bits per heavy atom. The van der Waals surface area contributed by atoms with E-state index in [0.717, 1.165) is 49.3 Å². The van der Waals surface area contributed by atoms with E-state index >= 15 is 0 Å². The van der Waals surface area contributed by atoms with Crippen molar-refractivity contribution in [3.63, 3.8) is 0 Å². The quantitative estimate of drug-likeness (QED) is 0.256. The molecule has 3 aromatic rings. The molecule has 0 radical (unpaired) electrons. The van der Waals surface area contributed by atoms with E-state index in [4.69, 9.17) is 4.74 Å². The predicted molar refractivity (Wildman–Crippen MR) is 132 cm³/mol. The number of ketones is 1. The second-order valence-corrected chi connectivity index (χ2v) is 9.84. The Labute approximate surface area is 225 Å². The molecule has 3 saturated heterocycles. The number of carbonyl (C=O) groups is 2. The van der Waals surface area contributed by atoms with Crippen molar-refractivity contribution in [1.29, 1.82) is 0 Å². The van der Waals surface area contributed by atoms with Gasteiger partial charge in [-0.3, -0.25) is 4.79 Å². The van der Waals surface area contributed by atoms with E-state index in [0.29, 0.717) is 11.0 Å². The standard InChI is InChI=1S/C29H29F2N2O3.BrH/c30-22-11-12-24(25(31)17-22)26(34)18-33-15-13-20(14-16-33)27(19-33)36-29(35)28(21-7-3-1-4-8-21)32-23-9-5-2-6-10-23;/h1-12,17,20,27-28,32H,13-16,18-19H2;1H/q+1;/p-1/t20?,27-,28?,33?;/m0./s1. The van der Waals surface area contributed by atoms with Crippen LogP contribution in [0.25, 0.3) is 0 Å². The summed E-state index contributed by atoms with van der Waals surface area (Å²) in [5.41, 5.74) is 1.52. The number of halogens is 3. The van der Waals surface area contributed by atoms with Gasteiger partial charge in [0, 0.05) is 30.5 Å². The molecule has 2 atom stereocenters. The molecule has 6 rings (SSSR count). The van der Waals surface area contributed by atoms with E-state index in [1.807, 2.05) is 60.7 Å². The molecule has 2 bridgehead atoms. The zero-order valence-corrected chi connectivity index (χ0v) is 21.9. The van der Waals surface area contributed by atoms with Crippen molar-refractivity contribution in [2.75, 3.05) is 31.5 Å². The molecule has 0 spiro atoms. The van der Waals surface area contributed by atoms with Crippen LogP contribution < -0.4 is 22.3 Å². The van der Waals surface area contributed by atoms with Gasteiger partial charge in [0.25, 0.3) is 0 Å². The summed E-state index contributed by atoms with van der Waals surface area (Å²) in [4.78, 5) is 26.4. The zero-order chi connectivity index (χ0) is 25.1. The summed E-state index contributed by atoms with van der Waals surface area (Å²) < 4.78 is 34.1. The van der Waals surface area contributed by atoms with Gasteiger partial charge < -0.3 is 31.5 Å². The van der Waals surface area contributed by atoms with E-state index < -0.39 is 17.7 Å². The first kappa shape index (κ1) is 26.9. The van der Waals surface area contributed by atoms with Crippen LogP contribution >= 0.6 is 0 Å².